The summed E-state index contributed by atoms with van der Waals surface area (Å²) in [7, 11) is 0. The van der Waals surface area contributed by atoms with Crippen molar-refractivity contribution in [2.75, 3.05) is 11.7 Å². The predicted octanol–water partition coefficient (Wildman–Crippen LogP) is 3.22. The molecule has 0 aliphatic carbocycles. The van der Waals surface area contributed by atoms with Crippen molar-refractivity contribution in [3.05, 3.63) is 88.0 Å². The average Bonchev–Trinajstić information content (AvgIpc) is 3.50. The summed E-state index contributed by atoms with van der Waals surface area (Å²) in [5.41, 5.74) is 0.554. The molecular weight excluding hydrogens is 510 g/mol. The van der Waals surface area contributed by atoms with E-state index in [0.717, 1.165) is 11.0 Å². The zero-order valence-corrected chi connectivity index (χ0v) is 20.6. The maximum atomic E-state index is 13.7. The Morgan fingerprint density at radius 2 is 1.79 bits per heavy atom. The van der Waals surface area contributed by atoms with Crippen molar-refractivity contribution in [1.29, 1.82) is 0 Å². The van der Waals surface area contributed by atoms with E-state index in [-0.39, 0.29) is 42.4 Å². The van der Waals surface area contributed by atoms with Gasteiger partial charge in [-0.05, 0) is 48.0 Å². The number of anilines is 1. The van der Waals surface area contributed by atoms with Crippen molar-refractivity contribution >= 4 is 35.1 Å². The average molecular weight is 531 g/mol. The summed E-state index contributed by atoms with van der Waals surface area (Å²) in [5, 5.41) is 11.3. The molecule has 0 saturated carbocycles. The second-order valence-corrected chi connectivity index (χ2v) is 8.80. The van der Waals surface area contributed by atoms with Gasteiger partial charge in [-0.3, -0.25) is 29.3 Å². The van der Waals surface area contributed by atoms with Crippen molar-refractivity contribution in [3.63, 3.8) is 0 Å². The molecule has 3 aromatic carbocycles. The molecule has 1 atom stereocenters. The van der Waals surface area contributed by atoms with Crippen LogP contribution in [0.4, 0.5) is 11.4 Å². The largest absolute Gasteiger partial charge is 0.454 e. The fourth-order valence-electron chi connectivity index (χ4n) is 4.44. The Balaban J connectivity index is 1.47. The Labute approximate surface area is 221 Å². The van der Waals surface area contributed by atoms with Crippen LogP contribution in [0.15, 0.2) is 66.7 Å². The van der Waals surface area contributed by atoms with Gasteiger partial charge in [-0.15, -0.1) is 0 Å². The molecule has 39 heavy (non-hydrogen) atoms. The van der Waals surface area contributed by atoms with Gasteiger partial charge < -0.3 is 19.1 Å². The van der Waals surface area contributed by atoms with E-state index in [4.69, 9.17) is 14.2 Å². The fraction of sp³-hybridized carbons (Fsp3) is 0.185. The van der Waals surface area contributed by atoms with Gasteiger partial charge in [-0.1, -0.05) is 12.1 Å². The van der Waals surface area contributed by atoms with Crippen LogP contribution in [-0.2, 0) is 20.9 Å². The van der Waals surface area contributed by atoms with E-state index in [1.54, 1.807) is 18.2 Å². The van der Waals surface area contributed by atoms with Crippen LogP contribution in [-0.4, -0.2) is 46.3 Å². The first-order valence-corrected chi connectivity index (χ1v) is 11.8. The van der Waals surface area contributed by atoms with Crippen molar-refractivity contribution in [3.8, 4) is 17.2 Å². The summed E-state index contributed by atoms with van der Waals surface area (Å²) < 4.78 is 15.8. The highest BCUT2D eigenvalue weighted by Crippen LogP contribution is 2.34. The molecular formula is C27H21N3O9. The molecule has 3 aromatic rings. The number of nitro groups is 1. The molecule has 0 bridgehead atoms. The number of imide groups is 1. The molecule has 0 N–H and O–H groups in total. The van der Waals surface area contributed by atoms with Gasteiger partial charge in [0.2, 0.25) is 12.7 Å². The van der Waals surface area contributed by atoms with Crippen LogP contribution in [0.25, 0.3) is 0 Å². The van der Waals surface area contributed by atoms with Gasteiger partial charge in [0.25, 0.3) is 17.5 Å². The van der Waals surface area contributed by atoms with Gasteiger partial charge >= 0.3 is 5.97 Å². The molecule has 5 rings (SSSR count). The van der Waals surface area contributed by atoms with Crippen LogP contribution in [0.5, 0.6) is 17.2 Å². The standard InChI is InChI=1S/C27H21N3O9/c1-16(31)39-21-8-6-19(7-9-21)29-25(32)13-22(27(29)34)28(14-17-5-10-23-24(11-17)38-15-37-23)26(33)18-3-2-4-20(12-18)30(35)36/h2-12,22H,13-15H2,1H3. The van der Waals surface area contributed by atoms with Crippen molar-refractivity contribution < 1.29 is 38.3 Å². The van der Waals surface area contributed by atoms with Crippen molar-refractivity contribution in [1.82, 2.24) is 4.90 Å². The number of hydrogen-bond acceptors (Lipinski definition) is 9. The Kier molecular flexibility index (Phi) is 6.67. The summed E-state index contributed by atoms with van der Waals surface area (Å²) in [6.07, 6.45) is -0.296. The molecule has 2 aliphatic heterocycles. The molecule has 2 aliphatic rings. The number of non-ortho nitro benzene ring substituents is 1. The minimum absolute atomic E-state index is 0.00521. The lowest BCUT2D eigenvalue weighted by atomic mass is 10.1. The summed E-state index contributed by atoms with van der Waals surface area (Å²) in [6, 6.07) is 14.9. The SMILES string of the molecule is CC(=O)Oc1ccc(N2C(=O)CC(N(Cc3ccc4c(c3)OCO4)C(=O)c3cccc([N+](=O)[O-])c3)C2=O)cc1. The summed E-state index contributed by atoms with van der Waals surface area (Å²) in [6.45, 7) is 1.22. The van der Waals surface area contributed by atoms with Gasteiger partial charge in [0, 0.05) is 31.2 Å². The second-order valence-electron chi connectivity index (χ2n) is 8.80. The third-order valence-electron chi connectivity index (χ3n) is 6.21. The topological polar surface area (TPSA) is 146 Å². The summed E-state index contributed by atoms with van der Waals surface area (Å²) in [5.74, 6) is -1.10. The molecule has 12 heteroatoms. The van der Waals surface area contributed by atoms with Gasteiger partial charge in [0.15, 0.2) is 11.5 Å². The maximum absolute atomic E-state index is 13.7. The minimum Gasteiger partial charge on any atom is -0.454 e. The number of carbonyl (C=O) groups excluding carboxylic acids is 4. The molecule has 3 amide bonds. The van der Waals surface area contributed by atoms with E-state index in [1.807, 2.05) is 0 Å². The number of nitro benzene ring substituents is 1. The van der Waals surface area contributed by atoms with Crippen molar-refractivity contribution in [2.24, 2.45) is 0 Å². The number of benzene rings is 3. The van der Waals surface area contributed by atoms with Gasteiger partial charge in [0.1, 0.15) is 11.8 Å². The molecule has 12 nitrogen and oxygen atoms in total. The highest BCUT2D eigenvalue weighted by atomic mass is 16.7. The lowest BCUT2D eigenvalue weighted by molar-refractivity contribution is -0.384. The molecule has 1 fully saturated rings. The molecule has 0 radical (unpaired) electrons. The van der Waals surface area contributed by atoms with E-state index in [2.05, 4.69) is 0 Å². The number of amides is 3. The first-order chi connectivity index (χ1) is 18.7. The van der Waals surface area contributed by atoms with Gasteiger partial charge in [-0.2, -0.15) is 0 Å². The van der Waals surface area contributed by atoms with Crippen LogP contribution < -0.4 is 19.1 Å². The number of fused-ring (bicyclic) bond motifs is 1. The van der Waals surface area contributed by atoms with Crippen LogP contribution >= 0.6 is 0 Å². The predicted molar refractivity (Wildman–Crippen MR) is 134 cm³/mol. The van der Waals surface area contributed by atoms with E-state index < -0.39 is 34.7 Å². The highest BCUT2D eigenvalue weighted by molar-refractivity contribution is 6.23. The number of rotatable bonds is 7. The Bertz CT molecular complexity index is 1500. The quantitative estimate of drug-likeness (QED) is 0.147. The highest BCUT2D eigenvalue weighted by Gasteiger charge is 2.44. The summed E-state index contributed by atoms with van der Waals surface area (Å²) in [4.78, 5) is 64.4. The lowest BCUT2D eigenvalue weighted by Gasteiger charge is -2.28. The number of hydrogen-bond donors (Lipinski definition) is 0. The molecule has 2 heterocycles. The van der Waals surface area contributed by atoms with Crippen LogP contribution in [0.1, 0.15) is 29.3 Å². The molecule has 1 saturated heterocycles. The Morgan fingerprint density at radius 1 is 1.05 bits per heavy atom. The maximum Gasteiger partial charge on any atom is 0.308 e. The second kappa shape index (κ2) is 10.2. The molecule has 0 aromatic heterocycles. The van der Waals surface area contributed by atoms with Crippen LogP contribution in [0.3, 0.4) is 0 Å². The number of ether oxygens (including phenoxy) is 3. The first-order valence-electron chi connectivity index (χ1n) is 11.8. The fourth-order valence-corrected chi connectivity index (χ4v) is 4.44. The van der Waals surface area contributed by atoms with E-state index in [9.17, 15) is 29.3 Å². The first kappa shape index (κ1) is 25.4. The number of nitrogens with zero attached hydrogens (tertiary/aromatic N) is 3. The third kappa shape index (κ3) is 5.12. The Morgan fingerprint density at radius 3 is 2.51 bits per heavy atom. The Hall–Kier alpha value is -5.26. The zero-order chi connectivity index (χ0) is 27.7. The molecule has 0 spiro atoms. The van der Waals surface area contributed by atoms with E-state index >= 15 is 0 Å². The number of esters is 1. The smallest absolute Gasteiger partial charge is 0.308 e. The van der Waals surface area contributed by atoms with Crippen LogP contribution in [0.2, 0.25) is 0 Å². The van der Waals surface area contributed by atoms with E-state index in [1.165, 1.54) is 54.3 Å². The molecule has 198 valence electrons. The summed E-state index contributed by atoms with van der Waals surface area (Å²) >= 11 is 0. The molecule has 1 unspecified atom stereocenters. The van der Waals surface area contributed by atoms with Crippen LogP contribution in [0, 0.1) is 10.1 Å². The van der Waals surface area contributed by atoms with Gasteiger partial charge in [0.05, 0.1) is 17.0 Å². The van der Waals surface area contributed by atoms with Gasteiger partial charge in [-0.25, -0.2) is 4.90 Å². The minimum atomic E-state index is -1.18. The van der Waals surface area contributed by atoms with E-state index in [0.29, 0.717) is 17.1 Å². The third-order valence-corrected chi connectivity index (χ3v) is 6.21. The van der Waals surface area contributed by atoms with Crippen molar-refractivity contribution in [2.45, 2.75) is 25.9 Å². The monoisotopic (exact) mass is 531 g/mol. The normalized spacial score (nSPS) is 15.8. The lowest BCUT2D eigenvalue weighted by Crippen LogP contribution is -2.45. The number of carbonyl (C=O) groups is 4. The zero-order valence-electron chi connectivity index (χ0n) is 20.6.